The molecular formula is C18H20N2O3S. The summed E-state index contributed by atoms with van der Waals surface area (Å²) in [4.78, 5) is 25.8. The Morgan fingerprint density at radius 3 is 2.67 bits per heavy atom. The number of hydrogen-bond acceptors (Lipinski definition) is 5. The third-order valence-electron chi connectivity index (χ3n) is 4.20. The molecule has 2 heterocycles. The number of piperidine rings is 1. The van der Waals surface area contributed by atoms with Crippen molar-refractivity contribution < 1.29 is 14.3 Å². The van der Waals surface area contributed by atoms with Crippen LogP contribution in [0.25, 0.3) is 0 Å². The Hall–Kier alpha value is -2.34. The highest BCUT2D eigenvalue weighted by atomic mass is 32.1. The molecule has 6 heteroatoms. The molecule has 1 aliphatic rings. The van der Waals surface area contributed by atoms with Crippen LogP contribution in [-0.2, 0) is 4.74 Å². The van der Waals surface area contributed by atoms with E-state index in [1.54, 1.807) is 23.5 Å². The number of nitrogens with one attached hydrogen (secondary N) is 1. The summed E-state index contributed by atoms with van der Waals surface area (Å²) in [5.74, 6) is -0.225. The number of amides is 1. The number of carbonyl (C=O) groups excluding carboxylic acids is 2. The van der Waals surface area contributed by atoms with Gasteiger partial charge in [0.25, 0.3) is 5.91 Å². The molecule has 1 saturated heterocycles. The molecule has 1 amide bonds. The van der Waals surface area contributed by atoms with Crippen LogP contribution in [0.15, 0.2) is 41.1 Å². The molecule has 1 fully saturated rings. The molecule has 0 bridgehead atoms. The first-order valence-corrected chi connectivity index (χ1v) is 8.88. The van der Waals surface area contributed by atoms with E-state index in [2.05, 4.69) is 5.32 Å². The largest absolute Gasteiger partial charge is 0.465 e. The van der Waals surface area contributed by atoms with E-state index >= 15 is 0 Å². The van der Waals surface area contributed by atoms with Gasteiger partial charge in [-0.2, -0.15) is 11.3 Å². The number of esters is 1. The fourth-order valence-electron chi connectivity index (χ4n) is 2.89. The van der Waals surface area contributed by atoms with Gasteiger partial charge in [-0.05, 0) is 42.5 Å². The number of hydrogen-bond donors (Lipinski definition) is 1. The van der Waals surface area contributed by atoms with Crippen molar-refractivity contribution in [2.45, 2.75) is 18.9 Å². The molecule has 0 radical (unpaired) electrons. The molecule has 0 atom stereocenters. The zero-order valence-corrected chi connectivity index (χ0v) is 14.3. The maximum absolute atomic E-state index is 12.3. The van der Waals surface area contributed by atoms with Crippen molar-refractivity contribution in [1.82, 2.24) is 4.90 Å². The number of thiophene rings is 1. The van der Waals surface area contributed by atoms with Gasteiger partial charge in [0.2, 0.25) is 0 Å². The molecule has 0 aliphatic carbocycles. The number of likely N-dealkylation sites (tertiary alicyclic amines) is 1. The molecule has 126 valence electrons. The summed E-state index contributed by atoms with van der Waals surface area (Å²) < 4.78 is 4.75. The van der Waals surface area contributed by atoms with Gasteiger partial charge in [-0.25, -0.2) is 4.79 Å². The molecule has 0 spiro atoms. The summed E-state index contributed by atoms with van der Waals surface area (Å²) in [6.45, 7) is 1.48. The average molecular weight is 344 g/mol. The zero-order chi connectivity index (χ0) is 16.9. The standard InChI is InChI=1S/C18H20N2O3S/c1-23-18(22)13-3-2-4-16(11-13)19-15-5-8-20(9-6-15)17(21)14-7-10-24-12-14/h2-4,7,10-12,15,19H,5-6,8-9H2,1H3. The fraction of sp³-hybridized carbons (Fsp3) is 0.333. The molecule has 5 nitrogen and oxygen atoms in total. The van der Waals surface area contributed by atoms with E-state index in [0.29, 0.717) is 11.6 Å². The van der Waals surface area contributed by atoms with E-state index in [-0.39, 0.29) is 11.9 Å². The minimum atomic E-state index is -0.338. The first kappa shape index (κ1) is 16.5. The van der Waals surface area contributed by atoms with Crippen LogP contribution in [0.3, 0.4) is 0 Å². The number of methoxy groups -OCH3 is 1. The van der Waals surface area contributed by atoms with Gasteiger partial charge in [-0.15, -0.1) is 0 Å². The Balaban J connectivity index is 1.56. The van der Waals surface area contributed by atoms with Crippen LogP contribution in [0, 0.1) is 0 Å². The third kappa shape index (κ3) is 3.76. The third-order valence-corrected chi connectivity index (χ3v) is 4.89. The Bertz CT molecular complexity index is 707. The van der Waals surface area contributed by atoms with Crippen molar-refractivity contribution in [2.24, 2.45) is 0 Å². The monoisotopic (exact) mass is 344 g/mol. The minimum absolute atomic E-state index is 0.113. The Morgan fingerprint density at radius 2 is 2.00 bits per heavy atom. The summed E-state index contributed by atoms with van der Waals surface area (Å²) in [5, 5.41) is 7.27. The van der Waals surface area contributed by atoms with Gasteiger partial charge < -0.3 is 15.0 Å². The van der Waals surface area contributed by atoms with Crippen LogP contribution in [0.2, 0.25) is 0 Å². The Morgan fingerprint density at radius 1 is 1.21 bits per heavy atom. The van der Waals surface area contributed by atoms with Crippen molar-refractivity contribution >= 4 is 28.9 Å². The summed E-state index contributed by atoms with van der Waals surface area (Å²) in [5.41, 5.74) is 2.21. The molecule has 0 unspecified atom stereocenters. The van der Waals surface area contributed by atoms with Crippen LogP contribution >= 0.6 is 11.3 Å². The van der Waals surface area contributed by atoms with Gasteiger partial charge in [0, 0.05) is 30.2 Å². The fourth-order valence-corrected chi connectivity index (χ4v) is 3.51. The van der Waals surface area contributed by atoms with Crippen molar-refractivity contribution in [3.8, 4) is 0 Å². The van der Waals surface area contributed by atoms with Crippen molar-refractivity contribution in [1.29, 1.82) is 0 Å². The molecule has 0 saturated carbocycles. The average Bonchev–Trinajstić information content (AvgIpc) is 3.16. The zero-order valence-electron chi connectivity index (χ0n) is 13.5. The maximum Gasteiger partial charge on any atom is 0.337 e. The molecule has 2 aromatic rings. The highest BCUT2D eigenvalue weighted by Crippen LogP contribution is 2.20. The summed E-state index contributed by atoms with van der Waals surface area (Å²) in [6.07, 6.45) is 1.77. The van der Waals surface area contributed by atoms with Crippen LogP contribution in [0.5, 0.6) is 0 Å². The maximum atomic E-state index is 12.3. The highest BCUT2D eigenvalue weighted by molar-refractivity contribution is 7.08. The summed E-state index contributed by atoms with van der Waals surface area (Å²) in [6, 6.07) is 9.48. The van der Waals surface area contributed by atoms with Crippen molar-refractivity contribution in [2.75, 3.05) is 25.5 Å². The lowest BCUT2D eigenvalue weighted by Gasteiger charge is -2.32. The molecule has 1 aliphatic heterocycles. The quantitative estimate of drug-likeness (QED) is 0.865. The number of nitrogens with zero attached hydrogens (tertiary/aromatic N) is 1. The number of anilines is 1. The lowest BCUT2D eigenvalue weighted by Crippen LogP contribution is -2.42. The lowest BCUT2D eigenvalue weighted by molar-refractivity contribution is 0.0600. The predicted octanol–water partition coefficient (Wildman–Crippen LogP) is 3.25. The normalized spacial score (nSPS) is 15.1. The Labute approximate surface area is 145 Å². The van der Waals surface area contributed by atoms with Crippen molar-refractivity contribution in [3.05, 3.63) is 52.2 Å². The van der Waals surface area contributed by atoms with Gasteiger partial charge in [0.05, 0.1) is 18.2 Å². The van der Waals surface area contributed by atoms with Crippen LogP contribution in [0.1, 0.15) is 33.6 Å². The molecule has 1 aromatic heterocycles. The number of benzene rings is 1. The second-order valence-electron chi connectivity index (χ2n) is 5.80. The molecule has 1 N–H and O–H groups in total. The van der Waals surface area contributed by atoms with Gasteiger partial charge in [-0.3, -0.25) is 4.79 Å². The van der Waals surface area contributed by atoms with Gasteiger partial charge in [-0.1, -0.05) is 6.07 Å². The number of carbonyl (C=O) groups is 2. The topological polar surface area (TPSA) is 58.6 Å². The van der Waals surface area contributed by atoms with Gasteiger partial charge in [0.1, 0.15) is 0 Å². The predicted molar refractivity (Wildman–Crippen MR) is 94.6 cm³/mol. The summed E-state index contributed by atoms with van der Waals surface area (Å²) >= 11 is 1.54. The smallest absolute Gasteiger partial charge is 0.337 e. The van der Waals surface area contributed by atoms with E-state index in [9.17, 15) is 9.59 Å². The van der Waals surface area contributed by atoms with Gasteiger partial charge in [0.15, 0.2) is 0 Å². The second kappa shape index (κ2) is 7.49. The van der Waals surface area contributed by atoms with E-state index in [1.807, 2.05) is 33.9 Å². The Kier molecular flexibility index (Phi) is 5.15. The van der Waals surface area contributed by atoms with Crippen molar-refractivity contribution in [3.63, 3.8) is 0 Å². The number of ether oxygens (including phenoxy) is 1. The van der Waals surface area contributed by atoms with E-state index in [4.69, 9.17) is 4.74 Å². The van der Waals surface area contributed by atoms with E-state index in [0.717, 1.165) is 37.2 Å². The van der Waals surface area contributed by atoms with Crippen LogP contribution in [0.4, 0.5) is 5.69 Å². The first-order valence-electron chi connectivity index (χ1n) is 7.94. The number of rotatable bonds is 4. The van der Waals surface area contributed by atoms with Crippen LogP contribution in [-0.4, -0.2) is 43.0 Å². The molecule has 24 heavy (non-hydrogen) atoms. The van der Waals surface area contributed by atoms with Gasteiger partial charge >= 0.3 is 5.97 Å². The van der Waals surface area contributed by atoms with E-state index in [1.165, 1.54) is 7.11 Å². The molecule has 3 rings (SSSR count). The minimum Gasteiger partial charge on any atom is -0.465 e. The molecule has 1 aromatic carbocycles. The molecular weight excluding hydrogens is 324 g/mol. The first-order chi connectivity index (χ1) is 11.7. The lowest BCUT2D eigenvalue weighted by atomic mass is 10.0. The van der Waals surface area contributed by atoms with Crippen LogP contribution < -0.4 is 5.32 Å². The second-order valence-corrected chi connectivity index (χ2v) is 6.58. The summed E-state index contributed by atoms with van der Waals surface area (Å²) in [7, 11) is 1.38. The van der Waals surface area contributed by atoms with E-state index < -0.39 is 0 Å². The highest BCUT2D eigenvalue weighted by Gasteiger charge is 2.23. The SMILES string of the molecule is COC(=O)c1cccc(NC2CCN(C(=O)c3ccsc3)CC2)c1.